The van der Waals surface area contributed by atoms with Crippen molar-refractivity contribution in [1.29, 1.82) is 0 Å². The van der Waals surface area contributed by atoms with Crippen molar-refractivity contribution in [2.45, 2.75) is 36.5 Å². The predicted octanol–water partition coefficient (Wildman–Crippen LogP) is 5.63. The van der Waals surface area contributed by atoms with Gasteiger partial charge < -0.3 is 29.7 Å². The van der Waals surface area contributed by atoms with Crippen molar-refractivity contribution in [2.24, 2.45) is 0 Å². The molecular weight excluding hydrogens is 601 g/mol. The third-order valence-electron chi connectivity index (χ3n) is 9.19. The fourth-order valence-corrected chi connectivity index (χ4v) is 6.98. The Hall–Kier alpha value is -3.46. The molecule has 0 saturated carbocycles. The van der Waals surface area contributed by atoms with Crippen molar-refractivity contribution in [3.63, 3.8) is 0 Å². The maximum atomic E-state index is 13.9. The molecule has 3 aromatic carbocycles. The molecule has 2 fully saturated rings. The molecule has 0 bridgehead atoms. The monoisotopic (exact) mass is 639 g/mol. The molecule has 2 heterocycles. The lowest BCUT2D eigenvalue weighted by molar-refractivity contribution is -0.127. The SMILES string of the molecule is COc1cc(C(=O)N2CCC(CCNC(=O)C3(c4ccccc4)CCNCC3)(c3ccc(Cl)c(Cl)c3)C2)cc(OC)c1OC. The number of methoxy groups -OCH3 is 3. The van der Waals surface area contributed by atoms with Crippen LogP contribution in [0.4, 0.5) is 0 Å². The number of halogens is 2. The zero-order chi connectivity index (χ0) is 31.3. The van der Waals surface area contributed by atoms with Crippen LogP contribution in [-0.4, -0.2) is 70.8 Å². The summed E-state index contributed by atoms with van der Waals surface area (Å²) in [5.41, 5.74) is 1.45. The molecule has 0 aromatic heterocycles. The quantitative estimate of drug-likeness (QED) is 0.299. The Bertz CT molecular complexity index is 1470. The molecule has 44 heavy (non-hydrogen) atoms. The maximum absolute atomic E-state index is 13.9. The van der Waals surface area contributed by atoms with Crippen LogP contribution in [-0.2, 0) is 15.6 Å². The molecule has 2 saturated heterocycles. The summed E-state index contributed by atoms with van der Waals surface area (Å²) in [6.45, 7) is 3.00. The van der Waals surface area contributed by atoms with E-state index in [1.165, 1.54) is 21.3 Å². The van der Waals surface area contributed by atoms with Gasteiger partial charge in [-0.05, 0) is 74.2 Å². The number of carbonyl (C=O) groups is 2. The average Bonchev–Trinajstić information content (AvgIpc) is 3.50. The Morgan fingerprint density at radius 3 is 2.16 bits per heavy atom. The summed E-state index contributed by atoms with van der Waals surface area (Å²) in [7, 11) is 4.58. The van der Waals surface area contributed by atoms with Gasteiger partial charge in [-0.2, -0.15) is 0 Å². The number of amides is 2. The number of benzene rings is 3. The molecule has 1 unspecified atom stereocenters. The second-order valence-corrected chi connectivity index (χ2v) is 12.3. The van der Waals surface area contributed by atoms with Crippen molar-refractivity contribution in [3.05, 3.63) is 87.4 Å². The van der Waals surface area contributed by atoms with Gasteiger partial charge in [-0.3, -0.25) is 9.59 Å². The molecule has 0 aliphatic carbocycles. The third kappa shape index (κ3) is 6.21. The number of ether oxygens (including phenoxy) is 3. The lowest BCUT2D eigenvalue weighted by Crippen LogP contribution is -2.51. The van der Waals surface area contributed by atoms with Gasteiger partial charge >= 0.3 is 0 Å². The Morgan fingerprint density at radius 1 is 0.864 bits per heavy atom. The van der Waals surface area contributed by atoms with Gasteiger partial charge in [0.2, 0.25) is 11.7 Å². The summed E-state index contributed by atoms with van der Waals surface area (Å²) in [6.07, 6.45) is 2.79. The van der Waals surface area contributed by atoms with Crippen LogP contribution in [0.15, 0.2) is 60.7 Å². The van der Waals surface area contributed by atoms with Crippen LogP contribution in [0.5, 0.6) is 17.2 Å². The van der Waals surface area contributed by atoms with Gasteiger partial charge in [0.05, 0.1) is 36.8 Å². The highest BCUT2D eigenvalue weighted by molar-refractivity contribution is 6.42. The van der Waals surface area contributed by atoms with E-state index in [-0.39, 0.29) is 11.8 Å². The fourth-order valence-electron chi connectivity index (χ4n) is 6.69. The lowest BCUT2D eigenvalue weighted by Gasteiger charge is -2.37. The third-order valence-corrected chi connectivity index (χ3v) is 9.93. The van der Waals surface area contributed by atoms with Gasteiger partial charge in [0.15, 0.2) is 11.5 Å². The molecule has 8 nitrogen and oxygen atoms in total. The molecule has 3 aromatic rings. The minimum atomic E-state index is -0.576. The normalized spacial score (nSPS) is 19.3. The van der Waals surface area contributed by atoms with Crippen LogP contribution >= 0.6 is 23.2 Å². The summed E-state index contributed by atoms with van der Waals surface area (Å²) in [5.74, 6) is 1.15. The summed E-state index contributed by atoms with van der Waals surface area (Å²) < 4.78 is 16.4. The molecule has 0 spiro atoms. The minimum Gasteiger partial charge on any atom is -0.493 e. The van der Waals surface area contributed by atoms with Crippen molar-refractivity contribution < 1.29 is 23.8 Å². The molecule has 1 atom stereocenters. The fraction of sp³-hybridized carbons (Fsp3) is 0.412. The van der Waals surface area contributed by atoms with Crippen LogP contribution < -0.4 is 24.8 Å². The average molecular weight is 641 g/mol. The second-order valence-electron chi connectivity index (χ2n) is 11.5. The van der Waals surface area contributed by atoms with Crippen LogP contribution in [0.25, 0.3) is 0 Å². The molecular formula is C34H39Cl2N3O5. The van der Waals surface area contributed by atoms with E-state index in [9.17, 15) is 9.59 Å². The highest BCUT2D eigenvalue weighted by Crippen LogP contribution is 2.42. The van der Waals surface area contributed by atoms with E-state index in [1.807, 2.05) is 47.4 Å². The first kappa shape index (κ1) is 31.9. The van der Waals surface area contributed by atoms with Crippen LogP contribution in [0.1, 0.15) is 47.2 Å². The van der Waals surface area contributed by atoms with E-state index in [2.05, 4.69) is 10.6 Å². The van der Waals surface area contributed by atoms with Crippen LogP contribution in [0.2, 0.25) is 10.0 Å². The standard InChI is InChI=1S/C34H39Cl2N3O5/c1-42-28-19-23(20-29(43-2)30(28)44-3)31(40)39-18-14-33(22-39,25-9-10-26(35)27(36)21-25)11-17-38-32(41)34(12-15-37-16-13-34)24-7-5-4-6-8-24/h4-10,19-21,37H,11-18,22H2,1-3H3,(H,38,41). The van der Waals surface area contributed by atoms with E-state index in [0.29, 0.717) is 65.3 Å². The topological polar surface area (TPSA) is 89.1 Å². The van der Waals surface area contributed by atoms with E-state index in [1.54, 1.807) is 18.2 Å². The van der Waals surface area contributed by atoms with E-state index in [0.717, 1.165) is 37.1 Å². The van der Waals surface area contributed by atoms with Gasteiger partial charge in [0.25, 0.3) is 5.91 Å². The molecule has 2 aliphatic heterocycles. The number of hydrogen-bond donors (Lipinski definition) is 2. The highest BCUT2D eigenvalue weighted by atomic mass is 35.5. The number of rotatable bonds is 10. The Balaban J connectivity index is 1.39. The number of nitrogens with zero attached hydrogens (tertiary/aromatic N) is 1. The molecule has 2 amide bonds. The van der Waals surface area contributed by atoms with Crippen molar-refractivity contribution in [2.75, 3.05) is 54.1 Å². The maximum Gasteiger partial charge on any atom is 0.254 e. The predicted molar refractivity (Wildman–Crippen MR) is 173 cm³/mol. The van der Waals surface area contributed by atoms with Gasteiger partial charge in [-0.25, -0.2) is 0 Å². The van der Waals surface area contributed by atoms with E-state index < -0.39 is 10.8 Å². The summed E-state index contributed by atoms with van der Waals surface area (Å²) in [4.78, 5) is 29.6. The van der Waals surface area contributed by atoms with Crippen molar-refractivity contribution >= 4 is 35.0 Å². The zero-order valence-electron chi connectivity index (χ0n) is 25.4. The number of likely N-dealkylation sites (tertiary alicyclic amines) is 1. The van der Waals surface area contributed by atoms with E-state index in [4.69, 9.17) is 37.4 Å². The second kappa shape index (κ2) is 13.7. The first-order valence-corrected chi connectivity index (χ1v) is 15.6. The molecule has 5 rings (SSSR count). The molecule has 2 aliphatic rings. The number of nitrogens with one attached hydrogen (secondary N) is 2. The molecule has 2 N–H and O–H groups in total. The van der Waals surface area contributed by atoms with E-state index >= 15 is 0 Å². The molecule has 10 heteroatoms. The first-order valence-electron chi connectivity index (χ1n) is 14.9. The Kier molecular flexibility index (Phi) is 9.93. The first-order chi connectivity index (χ1) is 21.3. The summed E-state index contributed by atoms with van der Waals surface area (Å²) in [6, 6.07) is 19.0. The zero-order valence-corrected chi connectivity index (χ0v) is 26.9. The van der Waals surface area contributed by atoms with Gasteiger partial charge in [0.1, 0.15) is 0 Å². The van der Waals surface area contributed by atoms with Crippen LogP contribution in [0.3, 0.4) is 0 Å². The molecule has 234 valence electrons. The van der Waals surface area contributed by atoms with Gasteiger partial charge in [-0.1, -0.05) is 59.6 Å². The number of hydrogen-bond acceptors (Lipinski definition) is 6. The number of piperidine rings is 1. The van der Waals surface area contributed by atoms with Crippen molar-refractivity contribution in [1.82, 2.24) is 15.5 Å². The van der Waals surface area contributed by atoms with Crippen LogP contribution in [0, 0.1) is 0 Å². The van der Waals surface area contributed by atoms with Gasteiger partial charge in [0, 0.05) is 30.6 Å². The minimum absolute atomic E-state index is 0.0397. The smallest absolute Gasteiger partial charge is 0.254 e. The van der Waals surface area contributed by atoms with Crippen molar-refractivity contribution in [3.8, 4) is 17.2 Å². The summed E-state index contributed by atoms with van der Waals surface area (Å²) >= 11 is 12.8. The molecule has 0 radical (unpaired) electrons. The van der Waals surface area contributed by atoms with Gasteiger partial charge in [-0.15, -0.1) is 0 Å². The Morgan fingerprint density at radius 2 is 1.55 bits per heavy atom. The largest absolute Gasteiger partial charge is 0.493 e. The Labute approximate surface area is 269 Å². The number of carbonyl (C=O) groups excluding carboxylic acids is 2. The summed E-state index contributed by atoms with van der Waals surface area (Å²) in [5, 5.41) is 7.60. The lowest BCUT2D eigenvalue weighted by atomic mass is 9.72. The highest BCUT2D eigenvalue weighted by Gasteiger charge is 2.44.